The van der Waals surface area contributed by atoms with Crippen LogP contribution in [0, 0.1) is 5.92 Å². The Morgan fingerprint density at radius 1 is 1.29 bits per heavy atom. The van der Waals surface area contributed by atoms with Crippen LogP contribution in [-0.4, -0.2) is 42.8 Å². The Hall–Kier alpha value is -0.120. The second kappa shape index (κ2) is 5.68. The average Bonchev–Trinajstić information content (AvgIpc) is 2.48. The first-order valence-corrected chi connectivity index (χ1v) is 7.27. The molecule has 0 spiro atoms. The molecule has 0 bridgehead atoms. The average molecular weight is 240 g/mol. The van der Waals surface area contributed by atoms with E-state index >= 15 is 0 Å². The van der Waals surface area contributed by atoms with Crippen molar-refractivity contribution in [3.63, 3.8) is 0 Å². The first kappa shape index (κ1) is 13.3. The molecule has 1 aliphatic carbocycles. The minimum Gasteiger partial charge on any atom is -0.378 e. The summed E-state index contributed by atoms with van der Waals surface area (Å²) in [6.07, 6.45) is 6.80. The molecule has 0 amide bonds. The molecule has 0 radical (unpaired) electrons. The normalized spacial score (nSPS) is 39.7. The zero-order valence-electron chi connectivity index (χ0n) is 11.5. The molecule has 2 aliphatic rings. The molecule has 3 nitrogen and oxygen atoms in total. The van der Waals surface area contributed by atoms with Gasteiger partial charge in [-0.3, -0.25) is 4.90 Å². The Balaban J connectivity index is 1.90. The quantitative estimate of drug-likeness (QED) is 0.817. The molecule has 0 aromatic heterocycles. The van der Waals surface area contributed by atoms with Crippen LogP contribution in [0.2, 0.25) is 0 Å². The van der Waals surface area contributed by atoms with E-state index in [2.05, 4.69) is 18.7 Å². The highest BCUT2D eigenvalue weighted by Crippen LogP contribution is 2.40. The molecule has 1 heterocycles. The Morgan fingerprint density at radius 2 is 2.06 bits per heavy atom. The van der Waals surface area contributed by atoms with Crippen molar-refractivity contribution in [1.82, 2.24) is 4.90 Å². The fraction of sp³-hybridized carbons (Fsp3) is 1.00. The van der Waals surface area contributed by atoms with Crippen LogP contribution in [0.15, 0.2) is 0 Å². The molecule has 2 rings (SSSR count). The second-order valence-electron chi connectivity index (χ2n) is 5.94. The van der Waals surface area contributed by atoms with E-state index in [-0.39, 0.29) is 5.54 Å². The largest absolute Gasteiger partial charge is 0.378 e. The summed E-state index contributed by atoms with van der Waals surface area (Å²) in [5.41, 5.74) is 6.31. The summed E-state index contributed by atoms with van der Waals surface area (Å²) in [5, 5.41) is 0. The van der Waals surface area contributed by atoms with Gasteiger partial charge in [-0.1, -0.05) is 6.92 Å². The lowest BCUT2D eigenvalue weighted by atomic mass is 9.72. The van der Waals surface area contributed by atoms with Crippen LogP contribution in [0.25, 0.3) is 0 Å². The van der Waals surface area contributed by atoms with E-state index in [9.17, 15) is 0 Å². The molecule has 1 saturated carbocycles. The minimum atomic E-state index is 0.268. The molecule has 3 heteroatoms. The van der Waals surface area contributed by atoms with Crippen LogP contribution in [0.3, 0.4) is 0 Å². The predicted molar refractivity (Wildman–Crippen MR) is 71.0 cm³/mol. The summed E-state index contributed by atoms with van der Waals surface area (Å²) in [6, 6.07) is 0. The van der Waals surface area contributed by atoms with Gasteiger partial charge in [0.25, 0.3) is 0 Å². The molecule has 2 fully saturated rings. The van der Waals surface area contributed by atoms with Crippen LogP contribution in [0.1, 0.15) is 46.0 Å². The van der Waals surface area contributed by atoms with Crippen LogP contribution in [0.5, 0.6) is 0 Å². The van der Waals surface area contributed by atoms with Gasteiger partial charge in [0.2, 0.25) is 0 Å². The second-order valence-corrected chi connectivity index (χ2v) is 5.94. The number of likely N-dealkylation sites (tertiary alicyclic amines) is 1. The number of nitrogens with two attached hydrogens (primary N) is 1. The van der Waals surface area contributed by atoms with Gasteiger partial charge in [-0.25, -0.2) is 0 Å². The lowest BCUT2D eigenvalue weighted by Gasteiger charge is -2.53. The van der Waals surface area contributed by atoms with Crippen LogP contribution >= 0.6 is 0 Å². The van der Waals surface area contributed by atoms with Gasteiger partial charge in [0.15, 0.2) is 0 Å². The molecule has 2 N–H and O–H groups in total. The molecule has 1 aliphatic heterocycles. The third kappa shape index (κ3) is 2.83. The van der Waals surface area contributed by atoms with E-state index in [0.717, 1.165) is 31.9 Å². The molecule has 1 unspecified atom stereocenters. The third-order valence-electron chi connectivity index (χ3n) is 4.69. The van der Waals surface area contributed by atoms with Crippen LogP contribution < -0.4 is 5.73 Å². The highest BCUT2D eigenvalue weighted by molar-refractivity contribution is 5.04. The van der Waals surface area contributed by atoms with Crippen molar-refractivity contribution in [2.75, 3.05) is 26.2 Å². The summed E-state index contributed by atoms with van der Waals surface area (Å²) in [4.78, 5) is 2.66. The van der Waals surface area contributed by atoms with Crippen molar-refractivity contribution in [2.45, 2.75) is 57.6 Å². The number of ether oxygens (including phenoxy) is 1. The summed E-state index contributed by atoms with van der Waals surface area (Å²) in [6.45, 7) is 8.56. The Kier molecular flexibility index (Phi) is 4.45. The maximum atomic E-state index is 6.05. The Labute approximate surface area is 106 Å². The molecule has 0 aromatic carbocycles. The monoisotopic (exact) mass is 240 g/mol. The molecule has 17 heavy (non-hydrogen) atoms. The number of nitrogens with zero attached hydrogens (tertiary/aromatic N) is 1. The van der Waals surface area contributed by atoms with Gasteiger partial charge >= 0.3 is 0 Å². The molecular weight excluding hydrogens is 212 g/mol. The lowest BCUT2D eigenvalue weighted by molar-refractivity contribution is -0.0992. The fourth-order valence-electron chi connectivity index (χ4n) is 3.43. The van der Waals surface area contributed by atoms with Crippen molar-refractivity contribution < 1.29 is 4.74 Å². The van der Waals surface area contributed by atoms with Crippen molar-refractivity contribution in [3.8, 4) is 0 Å². The Morgan fingerprint density at radius 3 is 2.71 bits per heavy atom. The highest BCUT2D eigenvalue weighted by Gasteiger charge is 2.47. The summed E-state index contributed by atoms with van der Waals surface area (Å²) < 4.78 is 5.70. The first-order chi connectivity index (χ1) is 8.20. The SMILES string of the molecule is CCOC1CC(CN)(N2CCCC(C)CC2)C1. The van der Waals surface area contributed by atoms with Gasteiger partial charge in [-0.05, 0) is 58.0 Å². The van der Waals surface area contributed by atoms with Gasteiger partial charge < -0.3 is 10.5 Å². The summed E-state index contributed by atoms with van der Waals surface area (Å²) in [7, 11) is 0. The molecular formula is C14H28N2O. The zero-order valence-corrected chi connectivity index (χ0v) is 11.5. The van der Waals surface area contributed by atoms with Crippen molar-refractivity contribution in [3.05, 3.63) is 0 Å². The number of hydrogen-bond acceptors (Lipinski definition) is 3. The molecule has 1 saturated heterocycles. The summed E-state index contributed by atoms with van der Waals surface area (Å²) >= 11 is 0. The van der Waals surface area contributed by atoms with Gasteiger partial charge in [0, 0.05) is 18.7 Å². The molecule has 0 aromatic rings. The van der Waals surface area contributed by atoms with E-state index in [1.54, 1.807) is 0 Å². The van der Waals surface area contributed by atoms with E-state index < -0.39 is 0 Å². The number of rotatable bonds is 4. The standard InChI is InChI=1S/C14H28N2O/c1-3-17-13-9-14(10-13,11-15)16-7-4-5-12(2)6-8-16/h12-13H,3-11,15H2,1-2H3. The zero-order chi connectivity index (χ0) is 12.3. The summed E-state index contributed by atoms with van der Waals surface area (Å²) in [5.74, 6) is 0.887. The van der Waals surface area contributed by atoms with E-state index in [1.807, 2.05) is 0 Å². The van der Waals surface area contributed by atoms with Crippen LogP contribution in [0.4, 0.5) is 0 Å². The molecule has 1 atom stereocenters. The van der Waals surface area contributed by atoms with E-state index in [0.29, 0.717) is 6.10 Å². The van der Waals surface area contributed by atoms with Gasteiger partial charge in [-0.2, -0.15) is 0 Å². The number of hydrogen-bond donors (Lipinski definition) is 1. The topological polar surface area (TPSA) is 38.5 Å². The lowest BCUT2D eigenvalue weighted by Crippen LogP contribution is -2.64. The van der Waals surface area contributed by atoms with Gasteiger partial charge in [-0.15, -0.1) is 0 Å². The third-order valence-corrected chi connectivity index (χ3v) is 4.69. The van der Waals surface area contributed by atoms with Crippen molar-refractivity contribution >= 4 is 0 Å². The maximum absolute atomic E-state index is 6.05. The van der Waals surface area contributed by atoms with Crippen molar-refractivity contribution in [1.29, 1.82) is 0 Å². The first-order valence-electron chi connectivity index (χ1n) is 7.27. The van der Waals surface area contributed by atoms with E-state index in [1.165, 1.54) is 32.4 Å². The van der Waals surface area contributed by atoms with Crippen LogP contribution in [-0.2, 0) is 4.74 Å². The maximum Gasteiger partial charge on any atom is 0.0611 e. The smallest absolute Gasteiger partial charge is 0.0611 e. The predicted octanol–water partition coefficient (Wildman–Crippen LogP) is 2.00. The Bertz CT molecular complexity index is 238. The van der Waals surface area contributed by atoms with Crippen molar-refractivity contribution in [2.24, 2.45) is 11.7 Å². The minimum absolute atomic E-state index is 0.268. The van der Waals surface area contributed by atoms with E-state index in [4.69, 9.17) is 10.5 Å². The molecule has 100 valence electrons. The fourth-order valence-corrected chi connectivity index (χ4v) is 3.43. The highest BCUT2D eigenvalue weighted by atomic mass is 16.5. The van der Waals surface area contributed by atoms with Gasteiger partial charge in [0.1, 0.15) is 0 Å². The van der Waals surface area contributed by atoms with Gasteiger partial charge in [0.05, 0.1) is 6.10 Å².